The van der Waals surface area contributed by atoms with Gasteiger partial charge in [-0.1, -0.05) is 13.8 Å². The molecule has 0 aromatic heterocycles. The van der Waals surface area contributed by atoms with Crippen molar-refractivity contribution in [3.63, 3.8) is 0 Å². The zero-order chi connectivity index (χ0) is 11.5. The smallest absolute Gasteiger partial charge is 0.294 e. The lowest BCUT2D eigenvalue weighted by Gasteiger charge is -2.08. The Bertz CT molecular complexity index is 406. The molecule has 5 heteroatoms. The molecule has 0 fully saturated rings. The van der Waals surface area contributed by atoms with Gasteiger partial charge in [0.15, 0.2) is 0 Å². The minimum atomic E-state index is -4.11. The van der Waals surface area contributed by atoms with E-state index in [1.54, 1.807) is 0 Å². The molecule has 0 saturated heterocycles. The van der Waals surface area contributed by atoms with Crippen LogP contribution in [0.1, 0.15) is 13.8 Å². The van der Waals surface area contributed by atoms with Crippen LogP contribution in [-0.4, -0.2) is 19.6 Å². The van der Waals surface area contributed by atoms with Gasteiger partial charge in [-0.2, -0.15) is 8.42 Å². The summed E-state index contributed by atoms with van der Waals surface area (Å²) in [5.41, 5.74) is 0. The van der Waals surface area contributed by atoms with E-state index in [2.05, 4.69) is 0 Å². The number of rotatable bonds is 4. The van der Waals surface area contributed by atoms with E-state index in [-0.39, 0.29) is 4.90 Å². The lowest BCUT2D eigenvalue weighted by Crippen LogP contribution is -2.04. The topological polar surface area (TPSA) is 63.6 Å². The zero-order valence-electron chi connectivity index (χ0n) is 8.67. The molecular weight excluding hydrogens is 216 g/mol. The average molecular weight is 230 g/mol. The Morgan fingerprint density at radius 3 is 2.20 bits per heavy atom. The Labute approximate surface area is 89.6 Å². The first-order chi connectivity index (χ1) is 6.89. The van der Waals surface area contributed by atoms with Gasteiger partial charge in [-0.3, -0.25) is 4.55 Å². The fraction of sp³-hybridized carbons (Fsp3) is 0.400. The monoisotopic (exact) mass is 230 g/mol. The van der Waals surface area contributed by atoms with Gasteiger partial charge in [0, 0.05) is 0 Å². The molecule has 0 aliphatic heterocycles. The Morgan fingerprint density at radius 2 is 1.80 bits per heavy atom. The van der Waals surface area contributed by atoms with Crippen LogP contribution in [0.4, 0.5) is 0 Å². The Balaban J connectivity index is 2.73. The Kier molecular flexibility index (Phi) is 3.71. The molecule has 0 spiro atoms. The van der Waals surface area contributed by atoms with E-state index >= 15 is 0 Å². The predicted octanol–water partition coefficient (Wildman–Crippen LogP) is 1.97. The van der Waals surface area contributed by atoms with E-state index in [4.69, 9.17) is 9.29 Å². The van der Waals surface area contributed by atoms with Gasteiger partial charge < -0.3 is 4.74 Å². The second kappa shape index (κ2) is 4.63. The summed E-state index contributed by atoms with van der Waals surface area (Å²) in [4.78, 5) is -0.126. The standard InChI is InChI=1S/C10H14O4S/c1-8(2)7-14-9-3-5-10(6-4-9)15(11,12)13/h3-6,8H,7H2,1-2H3,(H,11,12,13). The molecule has 1 rings (SSSR count). The highest BCUT2D eigenvalue weighted by molar-refractivity contribution is 7.85. The molecule has 0 amide bonds. The van der Waals surface area contributed by atoms with Gasteiger partial charge in [0.25, 0.3) is 10.1 Å². The minimum absolute atomic E-state index is 0.126. The van der Waals surface area contributed by atoms with Gasteiger partial charge in [-0.15, -0.1) is 0 Å². The van der Waals surface area contributed by atoms with Crippen molar-refractivity contribution in [2.45, 2.75) is 18.7 Å². The van der Waals surface area contributed by atoms with Crippen molar-refractivity contribution in [2.75, 3.05) is 6.61 Å². The fourth-order valence-corrected chi connectivity index (χ4v) is 1.45. The van der Waals surface area contributed by atoms with Gasteiger partial charge in [-0.05, 0) is 30.2 Å². The van der Waals surface area contributed by atoms with Crippen molar-refractivity contribution in [2.24, 2.45) is 5.92 Å². The van der Waals surface area contributed by atoms with E-state index in [9.17, 15) is 8.42 Å². The SMILES string of the molecule is CC(C)COc1ccc(S(=O)(=O)O)cc1. The highest BCUT2D eigenvalue weighted by Crippen LogP contribution is 2.16. The second-order valence-corrected chi connectivity index (χ2v) is 5.07. The summed E-state index contributed by atoms with van der Waals surface area (Å²) in [6, 6.07) is 5.66. The molecule has 15 heavy (non-hydrogen) atoms. The molecule has 0 atom stereocenters. The number of benzene rings is 1. The lowest BCUT2D eigenvalue weighted by molar-refractivity contribution is 0.271. The summed E-state index contributed by atoms with van der Waals surface area (Å²) in [6.45, 7) is 4.62. The first kappa shape index (κ1) is 12.0. The Morgan fingerprint density at radius 1 is 1.27 bits per heavy atom. The maximum Gasteiger partial charge on any atom is 0.294 e. The largest absolute Gasteiger partial charge is 0.493 e. The summed E-state index contributed by atoms with van der Waals surface area (Å²) in [5, 5.41) is 0. The molecule has 0 unspecified atom stereocenters. The lowest BCUT2D eigenvalue weighted by atomic mass is 10.2. The van der Waals surface area contributed by atoms with E-state index in [1.807, 2.05) is 13.8 Å². The molecule has 0 bridgehead atoms. The average Bonchev–Trinajstić information content (AvgIpc) is 2.14. The molecule has 0 radical (unpaired) electrons. The molecular formula is C10H14O4S. The highest BCUT2D eigenvalue weighted by Gasteiger charge is 2.08. The van der Waals surface area contributed by atoms with Crippen molar-refractivity contribution in [1.82, 2.24) is 0 Å². The van der Waals surface area contributed by atoms with Crippen LogP contribution in [0.5, 0.6) is 5.75 Å². The summed E-state index contributed by atoms with van der Waals surface area (Å²) in [6.07, 6.45) is 0. The third-order valence-electron chi connectivity index (χ3n) is 1.70. The molecule has 1 N–H and O–H groups in total. The second-order valence-electron chi connectivity index (χ2n) is 3.65. The quantitative estimate of drug-likeness (QED) is 0.803. The van der Waals surface area contributed by atoms with Gasteiger partial charge in [-0.25, -0.2) is 0 Å². The fourth-order valence-electron chi connectivity index (χ4n) is 0.971. The number of hydrogen-bond acceptors (Lipinski definition) is 3. The summed E-state index contributed by atoms with van der Waals surface area (Å²) < 4.78 is 35.5. The normalized spacial score (nSPS) is 11.7. The van der Waals surface area contributed by atoms with Gasteiger partial charge in [0.1, 0.15) is 5.75 Å². The van der Waals surface area contributed by atoms with Crippen molar-refractivity contribution in [3.05, 3.63) is 24.3 Å². The van der Waals surface area contributed by atoms with Crippen molar-refractivity contribution in [3.8, 4) is 5.75 Å². The maximum absolute atomic E-state index is 10.7. The third-order valence-corrected chi connectivity index (χ3v) is 2.57. The van der Waals surface area contributed by atoms with Crippen LogP contribution in [0, 0.1) is 5.92 Å². The van der Waals surface area contributed by atoms with Crippen LogP contribution < -0.4 is 4.74 Å². The highest BCUT2D eigenvalue weighted by atomic mass is 32.2. The molecule has 0 aliphatic carbocycles. The molecule has 1 aromatic rings. The summed E-state index contributed by atoms with van der Waals surface area (Å²) in [5.74, 6) is 1.00. The van der Waals surface area contributed by atoms with Crippen molar-refractivity contribution >= 4 is 10.1 Å². The van der Waals surface area contributed by atoms with E-state index in [1.165, 1.54) is 24.3 Å². The number of ether oxygens (including phenoxy) is 1. The molecule has 0 saturated carbocycles. The first-order valence-electron chi connectivity index (χ1n) is 4.60. The maximum atomic E-state index is 10.7. The Hall–Kier alpha value is -1.07. The summed E-state index contributed by atoms with van der Waals surface area (Å²) in [7, 11) is -4.11. The van der Waals surface area contributed by atoms with E-state index < -0.39 is 10.1 Å². The molecule has 0 aliphatic rings. The molecule has 0 heterocycles. The van der Waals surface area contributed by atoms with Crippen molar-refractivity contribution in [1.29, 1.82) is 0 Å². The molecule has 84 valence electrons. The minimum Gasteiger partial charge on any atom is -0.493 e. The van der Waals surface area contributed by atoms with Crippen LogP contribution in [0.2, 0.25) is 0 Å². The van der Waals surface area contributed by atoms with Gasteiger partial charge in [0.05, 0.1) is 11.5 Å². The van der Waals surface area contributed by atoms with Crippen LogP contribution >= 0.6 is 0 Å². The van der Waals surface area contributed by atoms with E-state index in [0.717, 1.165) is 0 Å². The van der Waals surface area contributed by atoms with Crippen LogP contribution in [-0.2, 0) is 10.1 Å². The van der Waals surface area contributed by atoms with Gasteiger partial charge in [0.2, 0.25) is 0 Å². The predicted molar refractivity (Wildman–Crippen MR) is 56.6 cm³/mol. The molecule has 1 aromatic carbocycles. The van der Waals surface area contributed by atoms with Crippen LogP contribution in [0.3, 0.4) is 0 Å². The third kappa shape index (κ3) is 3.89. The summed E-state index contributed by atoms with van der Waals surface area (Å²) >= 11 is 0. The number of hydrogen-bond donors (Lipinski definition) is 1. The van der Waals surface area contributed by atoms with Crippen LogP contribution in [0.25, 0.3) is 0 Å². The van der Waals surface area contributed by atoms with Gasteiger partial charge >= 0.3 is 0 Å². The first-order valence-corrected chi connectivity index (χ1v) is 6.04. The molecule has 4 nitrogen and oxygen atoms in total. The van der Waals surface area contributed by atoms with Crippen LogP contribution in [0.15, 0.2) is 29.2 Å². The zero-order valence-corrected chi connectivity index (χ0v) is 9.49. The van der Waals surface area contributed by atoms with E-state index in [0.29, 0.717) is 18.3 Å². The van der Waals surface area contributed by atoms with Crippen molar-refractivity contribution < 1.29 is 17.7 Å².